The predicted octanol–water partition coefficient (Wildman–Crippen LogP) is 11.3. The molecule has 0 aliphatic heterocycles. The van der Waals surface area contributed by atoms with Crippen LogP contribution in [0.5, 0.6) is 0 Å². The first-order chi connectivity index (χ1) is 24.3. The Labute approximate surface area is 281 Å². The second-order valence-electron chi connectivity index (χ2n) is 12.3. The van der Waals surface area contributed by atoms with E-state index in [4.69, 9.17) is 24.4 Å². The third-order valence-electron chi connectivity index (χ3n) is 9.29. The van der Waals surface area contributed by atoms with Gasteiger partial charge in [-0.15, -0.1) is 0 Å². The molecule has 0 spiro atoms. The highest BCUT2D eigenvalue weighted by atomic mass is 16.3. The number of pyridine rings is 1. The highest BCUT2D eigenvalue weighted by molar-refractivity contribution is 6.16. The van der Waals surface area contributed by atoms with E-state index in [-0.39, 0.29) is 0 Å². The first-order valence-electron chi connectivity index (χ1n) is 16.3. The maximum Gasteiger partial charge on any atom is 0.164 e. The third kappa shape index (κ3) is 4.55. The van der Waals surface area contributed by atoms with Crippen LogP contribution in [0.25, 0.3) is 99.8 Å². The summed E-state index contributed by atoms with van der Waals surface area (Å²) in [5.41, 5.74) is 7.87. The van der Waals surface area contributed by atoms with Gasteiger partial charge in [0.1, 0.15) is 11.1 Å². The van der Waals surface area contributed by atoms with Gasteiger partial charge in [-0.2, -0.15) is 0 Å². The molecule has 0 atom stereocenters. The van der Waals surface area contributed by atoms with Crippen molar-refractivity contribution in [1.82, 2.24) is 19.9 Å². The molecule has 228 valence electrons. The van der Waals surface area contributed by atoms with Gasteiger partial charge in [0.2, 0.25) is 0 Å². The van der Waals surface area contributed by atoms with E-state index >= 15 is 0 Å². The Balaban J connectivity index is 1.27. The predicted molar refractivity (Wildman–Crippen MR) is 199 cm³/mol. The molecule has 7 aromatic carbocycles. The lowest BCUT2D eigenvalue weighted by atomic mass is 9.98. The minimum Gasteiger partial charge on any atom is -0.454 e. The van der Waals surface area contributed by atoms with Crippen LogP contribution in [0.4, 0.5) is 0 Å². The van der Waals surface area contributed by atoms with E-state index in [0.717, 1.165) is 66.2 Å². The highest BCUT2D eigenvalue weighted by Crippen LogP contribution is 2.42. The molecule has 49 heavy (non-hydrogen) atoms. The van der Waals surface area contributed by atoms with Crippen molar-refractivity contribution in [3.05, 3.63) is 158 Å². The summed E-state index contributed by atoms with van der Waals surface area (Å²) in [6, 6.07) is 54.0. The van der Waals surface area contributed by atoms with Gasteiger partial charge in [0, 0.05) is 27.6 Å². The van der Waals surface area contributed by atoms with Gasteiger partial charge >= 0.3 is 0 Å². The highest BCUT2D eigenvalue weighted by Gasteiger charge is 2.22. The van der Waals surface area contributed by atoms with Gasteiger partial charge in [0.05, 0.1) is 10.9 Å². The van der Waals surface area contributed by atoms with Crippen LogP contribution in [0.3, 0.4) is 0 Å². The summed E-state index contributed by atoms with van der Waals surface area (Å²) in [5, 5.41) is 6.62. The molecule has 0 amide bonds. The van der Waals surface area contributed by atoms with E-state index in [0.29, 0.717) is 17.5 Å². The molecular weight excluding hydrogens is 601 g/mol. The van der Waals surface area contributed by atoms with E-state index in [1.54, 1.807) is 0 Å². The van der Waals surface area contributed by atoms with Crippen LogP contribution in [0.1, 0.15) is 0 Å². The first-order valence-corrected chi connectivity index (χ1v) is 16.3. The fourth-order valence-corrected chi connectivity index (χ4v) is 6.90. The quantitative estimate of drug-likeness (QED) is 0.182. The van der Waals surface area contributed by atoms with Crippen LogP contribution in [-0.4, -0.2) is 19.9 Å². The van der Waals surface area contributed by atoms with E-state index in [1.807, 2.05) is 66.7 Å². The Kier molecular flexibility index (Phi) is 6.11. The smallest absolute Gasteiger partial charge is 0.164 e. The van der Waals surface area contributed by atoms with Crippen LogP contribution < -0.4 is 0 Å². The van der Waals surface area contributed by atoms with Gasteiger partial charge < -0.3 is 4.42 Å². The third-order valence-corrected chi connectivity index (χ3v) is 9.29. The van der Waals surface area contributed by atoms with Gasteiger partial charge in [-0.05, 0) is 57.4 Å². The average Bonchev–Trinajstić information content (AvgIpc) is 3.55. The molecule has 0 fully saturated rings. The number of furan rings is 1. The molecule has 3 aromatic heterocycles. The maximum absolute atomic E-state index is 6.69. The Hall–Kier alpha value is -6.72. The summed E-state index contributed by atoms with van der Waals surface area (Å²) >= 11 is 0. The fourth-order valence-electron chi connectivity index (χ4n) is 6.90. The number of nitrogens with zero attached hydrogens (tertiary/aromatic N) is 4. The number of aromatic nitrogens is 4. The summed E-state index contributed by atoms with van der Waals surface area (Å²) in [4.78, 5) is 20.5. The number of para-hydroxylation sites is 1. The van der Waals surface area contributed by atoms with Crippen molar-refractivity contribution in [1.29, 1.82) is 0 Å². The molecule has 0 N–H and O–H groups in total. The summed E-state index contributed by atoms with van der Waals surface area (Å²) in [5.74, 6) is 1.76. The second kappa shape index (κ2) is 10.9. The van der Waals surface area contributed by atoms with Crippen molar-refractivity contribution in [2.24, 2.45) is 0 Å². The largest absolute Gasteiger partial charge is 0.454 e. The molecule has 5 heteroatoms. The van der Waals surface area contributed by atoms with Gasteiger partial charge in [0.25, 0.3) is 0 Å². The minimum absolute atomic E-state index is 0.559. The van der Waals surface area contributed by atoms with Crippen LogP contribution in [-0.2, 0) is 0 Å². The lowest BCUT2D eigenvalue weighted by Gasteiger charge is -2.11. The molecule has 0 saturated carbocycles. The number of benzene rings is 7. The van der Waals surface area contributed by atoms with Crippen LogP contribution in [0.2, 0.25) is 0 Å². The number of hydrogen-bond acceptors (Lipinski definition) is 5. The van der Waals surface area contributed by atoms with E-state index < -0.39 is 0 Å². The van der Waals surface area contributed by atoms with Crippen molar-refractivity contribution in [3.8, 4) is 45.3 Å². The molecule has 0 aliphatic rings. The number of fused-ring (bicyclic) bond motifs is 7. The van der Waals surface area contributed by atoms with Gasteiger partial charge in [-0.3, -0.25) is 0 Å². The standard InChI is InChI=1S/C44H26N4O/c1-3-11-27(12-4-1)34-23-24-35(39-40-38(49-41(34)39)26-31-16-8-10-18-37(31)45-40)44-47-42(30-14-5-2-6-15-30)46-43(48-44)32-22-21-29-20-19-28-13-7-9-17-33(28)36(29)25-32/h1-26H. The van der Waals surface area contributed by atoms with Crippen molar-refractivity contribution < 1.29 is 4.42 Å². The first kappa shape index (κ1) is 27.4. The maximum atomic E-state index is 6.69. The number of rotatable bonds is 4. The monoisotopic (exact) mass is 626 g/mol. The Morgan fingerprint density at radius 2 is 1.00 bits per heavy atom. The lowest BCUT2D eigenvalue weighted by molar-refractivity contribution is 0.670. The van der Waals surface area contributed by atoms with Crippen LogP contribution in [0, 0.1) is 0 Å². The zero-order valence-electron chi connectivity index (χ0n) is 26.2. The molecule has 0 unspecified atom stereocenters. The molecule has 0 bridgehead atoms. The summed E-state index contributed by atoms with van der Waals surface area (Å²) in [6.45, 7) is 0. The minimum atomic E-state index is 0.559. The van der Waals surface area contributed by atoms with Gasteiger partial charge in [-0.1, -0.05) is 127 Å². The van der Waals surface area contributed by atoms with E-state index in [9.17, 15) is 0 Å². The fraction of sp³-hybridized carbons (Fsp3) is 0. The van der Waals surface area contributed by atoms with Crippen molar-refractivity contribution in [2.75, 3.05) is 0 Å². The second-order valence-corrected chi connectivity index (χ2v) is 12.3. The Morgan fingerprint density at radius 3 is 1.82 bits per heavy atom. The molecule has 0 aliphatic carbocycles. The molecule has 0 saturated heterocycles. The lowest BCUT2D eigenvalue weighted by Crippen LogP contribution is -2.00. The van der Waals surface area contributed by atoms with Crippen molar-refractivity contribution >= 4 is 54.5 Å². The van der Waals surface area contributed by atoms with Crippen LogP contribution >= 0.6 is 0 Å². The molecule has 10 rings (SSSR count). The summed E-state index contributed by atoms with van der Waals surface area (Å²) in [7, 11) is 0. The normalized spacial score (nSPS) is 11.7. The molecule has 10 aromatic rings. The molecule has 0 radical (unpaired) electrons. The van der Waals surface area contributed by atoms with Gasteiger partial charge in [0.15, 0.2) is 23.1 Å². The average molecular weight is 627 g/mol. The molecule has 5 nitrogen and oxygen atoms in total. The Bertz CT molecular complexity index is 2880. The van der Waals surface area contributed by atoms with Crippen LogP contribution in [0.15, 0.2) is 162 Å². The topological polar surface area (TPSA) is 64.7 Å². The van der Waals surface area contributed by atoms with E-state index in [2.05, 4.69) is 91.0 Å². The van der Waals surface area contributed by atoms with E-state index in [1.165, 1.54) is 16.2 Å². The SMILES string of the molecule is c1ccc(-c2nc(-c3ccc4ccc5ccccc5c4c3)nc(-c3ccc(-c4ccccc4)c4oc5cc6ccccc6nc5c34)n2)cc1. The zero-order valence-corrected chi connectivity index (χ0v) is 26.2. The summed E-state index contributed by atoms with van der Waals surface area (Å²) in [6.07, 6.45) is 0. The van der Waals surface area contributed by atoms with Gasteiger partial charge in [-0.25, -0.2) is 19.9 Å². The molecular formula is C44H26N4O. The summed E-state index contributed by atoms with van der Waals surface area (Å²) < 4.78 is 6.69. The zero-order chi connectivity index (χ0) is 32.3. The Morgan fingerprint density at radius 1 is 0.388 bits per heavy atom. The van der Waals surface area contributed by atoms with Crippen molar-refractivity contribution in [3.63, 3.8) is 0 Å². The van der Waals surface area contributed by atoms with Crippen molar-refractivity contribution in [2.45, 2.75) is 0 Å². The molecule has 3 heterocycles. The number of hydrogen-bond donors (Lipinski definition) is 0.